The van der Waals surface area contributed by atoms with Crippen LogP contribution in [0.3, 0.4) is 0 Å². The summed E-state index contributed by atoms with van der Waals surface area (Å²) in [6.07, 6.45) is 4.37. The van der Waals surface area contributed by atoms with Crippen LogP contribution in [0.2, 0.25) is 0 Å². The van der Waals surface area contributed by atoms with Gasteiger partial charge < -0.3 is 15.4 Å². The summed E-state index contributed by atoms with van der Waals surface area (Å²) in [6.45, 7) is 9.09. The monoisotopic (exact) mass is 291 g/mol. The minimum Gasteiger partial charge on any atom is -0.368 e. The van der Waals surface area contributed by atoms with Crippen molar-refractivity contribution in [1.29, 1.82) is 0 Å². The van der Waals surface area contributed by atoms with Crippen molar-refractivity contribution in [2.45, 2.75) is 57.9 Å². The van der Waals surface area contributed by atoms with E-state index in [9.17, 15) is 4.79 Å². The lowest BCUT2D eigenvalue weighted by Crippen LogP contribution is -2.47. The van der Waals surface area contributed by atoms with E-state index < -0.39 is 0 Å². The Morgan fingerprint density at radius 1 is 1.43 bits per heavy atom. The Hall–Kier alpha value is -1.46. The van der Waals surface area contributed by atoms with Gasteiger partial charge in [-0.25, -0.2) is 0 Å². The van der Waals surface area contributed by atoms with E-state index in [0.717, 1.165) is 12.0 Å². The summed E-state index contributed by atoms with van der Waals surface area (Å²) < 4.78 is 6.01. The summed E-state index contributed by atoms with van der Waals surface area (Å²) in [7, 11) is 0. The Kier molecular flexibility index (Phi) is 4.64. The van der Waals surface area contributed by atoms with Crippen LogP contribution in [0, 0.1) is 0 Å². The van der Waals surface area contributed by atoms with Gasteiger partial charge in [-0.3, -0.25) is 9.78 Å². The smallest absolute Gasteiger partial charge is 0.234 e. The molecule has 5 nitrogen and oxygen atoms in total. The summed E-state index contributed by atoms with van der Waals surface area (Å²) in [4.78, 5) is 15.9. The molecule has 1 aliphatic heterocycles. The van der Waals surface area contributed by atoms with Crippen molar-refractivity contribution in [3.05, 3.63) is 30.1 Å². The minimum absolute atomic E-state index is 0.0145. The minimum atomic E-state index is -0.257. The second-order valence-corrected chi connectivity index (χ2v) is 6.74. The fourth-order valence-electron chi connectivity index (χ4n) is 2.86. The highest BCUT2D eigenvalue weighted by atomic mass is 16.5. The molecule has 1 atom stereocenters. The lowest BCUT2D eigenvalue weighted by molar-refractivity contribution is -0.120. The molecule has 1 fully saturated rings. The molecule has 1 amide bonds. The highest BCUT2D eigenvalue weighted by Gasteiger charge is 2.45. The Morgan fingerprint density at radius 3 is 2.76 bits per heavy atom. The van der Waals surface area contributed by atoms with Gasteiger partial charge in [0.25, 0.3) is 0 Å². The van der Waals surface area contributed by atoms with E-state index >= 15 is 0 Å². The molecule has 1 saturated heterocycles. The SMILES string of the molecule is CC1(C)C[C@@H](NCC(=O)NCc2cccnc2)C(C)(C)O1. The number of hydrogen-bond acceptors (Lipinski definition) is 4. The third kappa shape index (κ3) is 4.51. The predicted octanol–water partition coefficient (Wildman–Crippen LogP) is 1.63. The molecule has 0 unspecified atom stereocenters. The lowest BCUT2D eigenvalue weighted by atomic mass is 9.94. The van der Waals surface area contributed by atoms with E-state index in [2.05, 4.69) is 43.3 Å². The molecular weight excluding hydrogens is 266 g/mol. The number of amides is 1. The maximum absolute atomic E-state index is 11.9. The highest BCUT2D eigenvalue weighted by molar-refractivity contribution is 5.78. The van der Waals surface area contributed by atoms with Gasteiger partial charge in [0.05, 0.1) is 17.7 Å². The van der Waals surface area contributed by atoms with Crippen LogP contribution in [-0.4, -0.2) is 34.7 Å². The van der Waals surface area contributed by atoms with Crippen molar-refractivity contribution in [2.24, 2.45) is 0 Å². The van der Waals surface area contributed by atoms with Gasteiger partial charge in [0, 0.05) is 25.0 Å². The van der Waals surface area contributed by atoms with Crippen LogP contribution in [-0.2, 0) is 16.1 Å². The molecule has 0 radical (unpaired) electrons. The van der Waals surface area contributed by atoms with Gasteiger partial charge in [0.15, 0.2) is 0 Å². The standard InChI is InChI=1S/C16H25N3O2/c1-15(2)8-13(16(3,4)21-15)18-11-14(20)19-10-12-6-5-7-17-9-12/h5-7,9,13,18H,8,10-11H2,1-4H3,(H,19,20)/t13-/m1/s1. The zero-order chi connectivity index (χ0) is 15.5. The number of nitrogens with one attached hydrogen (secondary N) is 2. The largest absolute Gasteiger partial charge is 0.368 e. The maximum atomic E-state index is 11.9. The normalized spacial score (nSPS) is 23.0. The molecule has 21 heavy (non-hydrogen) atoms. The van der Waals surface area contributed by atoms with Crippen molar-refractivity contribution >= 4 is 5.91 Å². The molecule has 116 valence electrons. The first-order chi connectivity index (χ1) is 9.78. The molecule has 1 aromatic rings. The zero-order valence-corrected chi connectivity index (χ0v) is 13.3. The van der Waals surface area contributed by atoms with Crippen LogP contribution < -0.4 is 10.6 Å². The van der Waals surface area contributed by atoms with Crippen LogP contribution in [0.1, 0.15) is 39.7 Å². The molecule has 2 rings (SSSR count). The third-order valence-corrected chi connectivity index (χ3v) is 3.80. The molecular formula is C16H25N3O2. The fraction of sp³-hybridized carbons (Fsp3) is 0.625. The summed E-state index contributed by atoms with van der Waals surface area (Å²) in [5, 5.41) is 6.20. The molecule has 0 spiro atoms. The molecule has 0 aliphatic carbocycles. The Bertz CT molecular complexity index is 486. The Balaban J connectivity index is 1.77. The van der Waals surface area contributed by atoms with E-state index in [1.807, 2.05) is 12.1 Å². The topological polar surface area (TPSA) is 63.2 Å². The number of carbonyl (C=O) groups is 1. The number of nitrogens with zero attached hydrogens (tertiary/aromatic N) is 1. The first-order valence-electron chi connectivity index (χ1n) is 7.38. The number of pyridine rings is 1. The van der Waals surface area contributed by atoms with E-state index in [1.54, 1.807) is 12.4 Å². The molecule has 5 heteroatoms. The van der Waals surface area contributed by atoms with Crippen LogP contribution in [0.4, 0.5) is 0 Å². The van der Waals surface area contributed by atoms with Crippen molar-refractivity contribution in [3.8, 4) is 0 Å². The molecule has 0 saturated carbocycles. The number of carbonyl (C=O) groups excluding carboxylic acids is 1. The molecule has 0 bridgehead atoms. The summed E-state index contributed by atoms with van der Waals surface area (Å²) >= 11 is 0. The predicted molar refractivity (Wildman–Crippen MR) is 81.7 cm³/mol. The van der Waals surface area contributed by atoms with E-state index in [-0.39, 0.29) is 23.2 Å². The Morgan fingerprint density at radius 2 is 2.19 bits per heavy atom. The number of aromatic nitrogens is 1. The van der Waals surface area contributed by atoms with Crippen molar-refractivity contribution in [3.63, 3.8) is 0 Å². The summed E-state index contributed by atoms with van der Waals surface area (Å²) in [5.74, 6) is -0.0145. The van der Waals surface area contributed by atoms with Crippen LogP contribution in [0.5, 0.6) is 0 Å². The molecule has 2 N–H and O–H groups in total. The van der Waals surface area contributed by atoms with Crippen LogP contribution in [0.15, 0.2) is 24.5 Å². The van der Waals surface area contributed by atoms with Gasteiger partial charge >= 0.3 is 0 Å². The number of ether oxygens (including phenoxy) is 1. The van der Waals surface area contributed by atoms with E-state index in [1.165, 1.54) is 0 Å². The van der Waals surface area contributed by atoms with Gasteiger partial charge in [-0.2, -0.15) is 0 Å². The van der Waals surface area contributed by atoms with E-state index in [0.29, 0.717) is 13.1 Å². The first-order valence-corrected chi connectivity index (χ1v) is 7.38. The molecule has 2 heterocycles. The van der Waals surface area contributed by atoms with Gasteiger partial charge in [0.1, 0.15) is 0 Å². The second kappa shape index (κ2) is 6.12. The van der Waals surface area contributed by atoms with Crippen LogP contribution in [0.25, 0.3) is 0 Å². The molecule has 1 aliphatic rings. The van der Waals surface area contributed by atoms with E-state index in [4.69, 9.17) is 4.74 Å². The van der Waals surface area contributed by atoms with Crippen LogP contribution >= 0.6 is 0 Å². The quantitative estimate of drug-likeness (QED) is 0.865. The van der Waals surface area contributed by atoms with Gasteiger partial charge in [0.2, 0.25) is 5.91 Å². The average molecular weight is 291 g/mol. The average Bonchev–Trinajstić information content (AvgIpc) is 2.62. The zero-order valence-electron chi connectivity index (χ0n) is 13.3. The summed E-state index contributed by atoms with van der Waals surface area (Å²) in [5.41, 5.74) is 0.594. The lowest BCUT2D eigenvalue weighted by Gasteiger charge is -2.27. The van der Waals surface area contributed by atoms with Gasteiger partial charge in [-0.1, -0.05) is 6.07 Å². The third-order valence-electron chi connectivity index (χ3n) is 3.80. The first kappa shape index (κ1) is 15.9. The van der Waals surface area contributed by atoms with Crippen molar-refractivity contribution in [1.82, 2.24) is 15.6 Å². The molecule has 0 aromatic carbocycles. The van der Waals surface area contributed by atoms with Crippen molar-refractivity contribution in [2.75, 3.05) is 6.54 Å². The van der Waals surface area contributed by atoms with Gasteiger partial charge in [-0.15, -0.1) is 0 Å². The summed E-state index contributed by atoms with van der Waals surface area (Å²) in [6, 6.07) is 3.98. The molecule has 1 aromatic heterocycles. The van der Waals surface area contributed by atoms with Gasteiger partial charge in [-0.05, 0) is 45.7 Å². The number of hydrogen-bond donors (Lipinski definition) is 2. The highest BCUT2D eigenvalue weighted by Crippen LogP contribution is 2.36. The van der Waals surface area contributed by atoms with Crippen molar-refractivity contribution < 1.29 is 9.53 Å². The fourth-order valence-corrected chi connectivity index (χ4v) is 2.86. The maximum Gasteiger partial charge on any atom is 0.234 e. The number of rotatable bonds is 5. The Labute approximate surface area is 126 Å². The second-order valence-electron chi connectivity index (χ2n) is 6.74.